The molecule has 0 aliphatic heterocycles. The van der Waals surface area contributed by atoms with Crippen molar-refractivity contribution in [1.82, 2.24) is 5.32 Å². The van der Waals surface area contributed by atoms with Gasteiger partial charge in [-0.15, -0.1) is 0 Å². The molecule has 1 aromatic carbocycles. The summed E-state index contributed by atoms with van der Waals surface area (Å²) in [6.07, 6.45) is 0. The molecule has 0 radical (unpaired) electrons. The fourth-order valence-corrected chi connectivity index (χ4v) is 1.75. The maximum Gasteiger partial charge on any atom is 0.295 e. The predicted octanol–water partition coefficient (Wildman–Crippen LogP) is 0.421. The van der Waals surface area contributed by atoms with Crippen molar-refractivity contribution in [2.75, 3.05) is 6.54 Å². The van der Waals surface area contributed by atoms with Crippen LogP contribution in [0.25, 0.3) is 0 Å². The topological polar surface area (TPSA) is 83.5 Å². The molecule has 0 atom stereocenters. The summed E-state index contributed by atoms with van der Waals surface area (Å²) in [4.78, 5) is 10.3. The van der Waals surface area contributed by atoms with Crippen LogP contribution in [0.1, 0.15) is 12.5 Å². The third-order valence-corrected chi connectivity index (χ3v) is 2.73. The fraction of sp³-hybridized carbons (Fsp3) is 0.182. The highest BCUT2D eigenvalue weighted by atomic mass is 32.2. The van der Waals surface area contributed by atoms with E-state index in [0.717, 1.165) is 0 Å². The summed E-state index contributed by atoms with van der Waals surface area (Å²) in [5.74, 6) is 4.94. The van der Waals surface area contributed by atoms with Crippen LogP contribution in [-0.4, -0.2) is 25.4 Å². The molecule has 1 rings (SSSR count). The van der Waals surface area contributed by atoms with Crippen LogP contribution in [-0.2, 0) is 14.9 Å². The molecule has 0 aliphatic rings. The number of carbonyl (C=O) groups excluding carboxylic acids is 1. The van der Waals surface area contributed by atoms with Crippen LogP contribution in [0.2, 0.25) is 0 Å². The molecule has 0 aromatic heterocycles. The normalized spacial score (nSPS) is 10.2. The van der Waals surface area contributed by atoms with E-state index in [2.05, 4.69) is 17.2 Å². The molecule has 17 heavy (non-hydrogen) atoms. The summed E-state index contributed by atoms with van der Waals surface area (Å²) in [5.41, 5.74) is 0.195. The van der Waals surface area contributed by atoms with Gasteiger partial charge in [0.1, 0.15) is 4.90 Å². The lowest BCUT2D eigenvalue weighted by molar-refractivity contribution is -0.118. The number of hydrogen-bond acceptors (Lipinski definition) is 3. The van der Waals surface area contributed by atoms with E-state index in [1.54, 1.807) is 6.07 Å². The molecule has 0 spiro atoms. The van der Waals surface area contributed by atoms with Crippen molar-refractivity contribution in [3.8, 4) is 11.8 Å². The summed E-state index contributed by atoms with van der Waals surface area (Å²) < 4.78 is 31.0. The van der Waals surface area contributed by atoms with Crippen LogP contribution >= 0.6 is 0 Å². The van der Waals surface area contributed by atoms with Gasteiger partial charge in [-0.2, -0.15) is 8.42 Å². The lowest BCUT2D eigenvalue weighted by Crippen LogP contribution is -2.19. The minimum Gasteiger partial charge on any atom is -0.345 e. The highest BCUT2D eigenvalue weighted by molar-refractivity contribution is 7.85. The maximum atomic E-state index is 11.0. The van der Waals surface area contributed by atoms with Gasteiger partial charge in [0.25, 0.3) is 10.1 Å². The Bertz CT molecular complexity index is 581. The zero-order valence-electron chi connectivity index (χ0n) is 9.10. The molecule has 0 fully saturated rings. The fourth-order valence-electron chi connectivity index (χ4n) is 1.10. The SMILES string of the molecule is CC(=O)NCC#Cc1ccccc1S(=O)(=O)O. The molecule has 5 nitrogen and oxygen atoms in total. The molecule has 2 N–H and O–H groups in total. The van der Waals surface area contributed by atoms with E-state index in [4.69, 9.17) is 4.55 Å². The summed E-state index contributed by atoms with van der Waals surface area (Å²) >= 11 is 0. The van der Waals surface area contributed by atoms with E-state index < -0.39 is 10.1 Å². The second kappa shape index (κ2) is 5.48. The van der Waals surface area contributed by atoms with Gasteiger partial charge in [-0.1, -0.05) is 24.0 Å². The Balaban J connectivity index is 2.96. The second-order valence-electron chi connectivity index (χ2n) is 3.18. The molecule has 0 saturated carbocycles. The van der Waals surface area contributed by atoms with Gasteiger partial charge in [0.05, 0.1) is 6.54 Å². The van der Waals surface area contributed by atoms with Gasteiger partial charge >= 0.3 is 0 Å². The summed E-state index contributed by atoms with van der Waals surface area (Å²) in [5, 5.41) is 2.45. The van der Waals surface area contributed by atoms with E-state index in [-0.39, 0.29) is 22.9 Å². The average Bonchev–Trinajstić information content (AvgIpc) is 2.23. The summed E-state index contributed by atoms with van der Waals surface area (Å²) in [6.45, 7) is 1.48. The van der Waals surface area contributed by atoms with Gasteiger partial charge < -0.3 is 5.32 Å². The molecule has 0 unspecified atom stereocenters. The monoisotopic (exact) mass is 253 g/mol. The number of carbonyl (C=O) groups is 1. The number of hydrogen-bond donors (Lipinski definition) is 2. The van der Waals surface area contributed by atoms with E-state index in [1.165, 1.54) is 25.1 Å². The molecule has 0 aliphatic carbocycles. The Morgan fingerprint density at radius 2 is 2.06 bits per heavy atom. The third-order valence-electron chi connectivity index (χ3n) is 1.81. The van der Waals surface area contributed by atoms with Crippen molar-refractivity contribution >= 4 is 16.0 Å². The van der Waals surface area contributed by atoms with Crippen molar-refractivity contribution in [1.29, 1.82) is 0 Å². The van der Waals surface area contributed by atoms with Crippen molar-refractivity contribution in [3.63, 3.8) is 0 Å². The van der Waals surface area contributed by atoms with Crippen LogP contribution < -0.4 is 5.32 Å². The van der Waals surface area contributed by atoms with E-state index in [1.807, 2.05) is 0 Å². The van der Waals surface area contributed by atoms with Crippen LogP contribution in [0.4, 0.5) is 0 Å². The number of benzene rings is 1. The molecular formula is C11H11NO4S. The molecule has 1 aromatic rings. The summed E-state index contributed by atoms with van der Waals surface area (Å²) in [6, 6.07) is 5.83. The molecule has 0 bridgehead atoms. The first kappa shape index (κ1) is 13.2. The number of rotatable bonds is 2. The number of amides is 1. The Labute approximate surface area is 99.6 Å². The first-order valence-electron chi connectivity index (χ1n) is 4.71. The number of nitrogens with one attached hydrogen (secondary N) is 1. The van der Waals surface area contributed by atoms with E-state index in [9.17, 15) is 13.2 Å². The van der Waals surface area contributed by atoms with Gasteiger partial charge in [-0.3, -0.25) is 9.35 Å². The van der Waals surface area contributed by atoms with Gasteiger partial charge in [-0.05, 0) is 12.1 Å². The second-order valence-corrected chi connectivity index (χ2v) is 4.57. The van der Waals surface area contributed by atoms with Gasteiger partial charge in [0.15, 0.2) is 0 Å². The van der Waals surface area contributed by atoms with Crippen LogP contribution in [0, 0.1) is 11.8 Å². The Kier molecular flexibility index (Phi) is 4.26. The smallest absolute Gasteiger partial charge is 0.295 e. The van der Waals surface area contributed by atoms with Crippen LogP contribution in [0.5, 0.6) is 0 Å². The van der Waals surface area contributed by atoms with Gasteiger partial charge in [0, 0.05) is 12.5 Å². The van der Waals surface area contributed by atoms with Crippen LogP contribution in [0.15, 0.2) is 29.2 Å². The minimum atomic E-state index is -4.28. The lowest BCUT2D eigenvalue weighted by Gasteiger charge is -1.99. The Morgan fingerprint density at radius 3 is 2.65 bits per heavy atom. The molecule has 0 saturated heterocycles. The predicted molar refractivity (Wildman–Crippen MR) is 61.8 cm³/mol. The average molecular weight is 253 g/mol. The first-order chi connectivity index (χ1) is 7.91. The van der Waals surface area contributed by atoms with Crippen molar-refractivity contribution in [3.05, 3.63) is 29.8 Å². The Hall–Kier alpha value is -1.84. The Morgan fingerprint density at radius 1 is 1.41 bits per heavy atom. The largest absolute Gasteiger partial charge is 0.345 e. The zero-order chi connectivity index (χ0) is 12.9. The maximum absolute atomic E-state index is 11.0. The zero-order valence-corrected chi connectivity index (χ0v) is 9.91. The molecule has 90 valence electrons. The standard InChI is InChI=1S/C11H11NO4S/c1-9(13)12-8-4-6-10-5-2-3-7-11(10)17(14,15)16/h2-3,5,7H,8H2,1H3,(H,12,13)(H,14,15,16). The molecule has 6 heteroatoms. The highest BCUT2D eigenvalue weighted by Gasteiger charge is 2.12. The third kappa shape index (κ3) is 4.26. The van der Waals surface area contributed by atoms with E-state index in [0.29, 0.717) is 0 Å². The van der Waals surface area contributed by atoms with Crippen molar-refractivity contribution < 1.29 is 17.8 Å². The van der Waals surface area contributed by atoms with E-state index >= 15 is 0 Å². The first-order valence-corrected chi connectivity index (χ1v) is 6.15. The highest BCUT2D eigenvalue weighted by Crippen LogP contribution is 2.13. The van der Waals surface area contributed by atoms with Crippen LogP contribution in [0.3, 0.4) is 0 Å². The molecule has 0 heterocycles. The van der Waals surface area contributed by atoms with Gasteiger partial charge in [0.2, 0.25) is 5.91 Å². The van der Waals surface area contributed by atoms with Crippen molar-refractivity contribution in [2.24, 2.45) is 0 Å². The minimum absolute atomic E-state index is 0.120. The molecule has 1 amide bonds. The summed E-state index contributed by atoms with van der Waals surface area (Å²) in [7, 11) is -4.28. The lowest BCUT2D eigenvalue weighted by atomic mass is 10.2. The molecular weight excluding hydrogens is 242 g/mol. The van der Waals surface area contributed by atoms with Crippen molar-refractivity contribution in [2.45, 2.75) is 11.8 Å². The van der Waals surface area contributed by atoms with Gasteiger partial charge in [-0.25, -0.2) is 0 Å². The quantitative estimate of drug-likeness (QED) is 0.591.